The summed E-state index contributed by atoms with van der Waals surface area (Å²) in [7, 11) is 0. The van der Waals surface area contributed by atoms with E-state index in [-0.39, 0.29) is 0 Å². The molecule has 78 valence electrons. The van der Waals surface area contributed by atoms with Crippen LogP contribution in [0, 0.1) is 0 Å². The maximum Gasteiger partial charge on any atom is 0.175 e. The van der Waals surface area contributed by atoms with Gasteiger partial charge in [0.25, 0.3) is 0 Å². The number of hydrogen-bond donors (Lipinski definition) is 1. The Hall–Kier alpha value is -1.91. The molecule has 0 saturated carbocycles. The van der Waals surface area contributed by atoms with Crippen molar-refractivity contribution >= 4 is 5.82 Å². The number of anilines is 1. The molecule has 0 aliphatic heterocycles. The summed E-state index contributed by atoms with van der Waals surface area (Å²) >= 11 is 0. The standard InChI is InChI=1S/C10H13N5/c1-7(2)8-5-6-15(14-8)10-4-3-9(11)12-13-10/h3-7H,1-2H3,(H2,11,12). The van der Waals surface area contributed by atoms with Gasteiger partial charge in [0.05, 0.1) is 5.69 Å². The number of nitrogens with two attached hydrogens (primary N) is 1. The van der Waals surface area contributed by atoms with E-state index in [1.165, 1.54) is 0 Å². The molecular formula is C10H13N5. The molecule has 0 saturated heterocycles. The van der Waals surface area contributed by atoms with Gasteiger partial charge in [0.2, 0.25) is 0 Å². The van der Waals surface area contributed by atoms with E-state index in [1.54, 1.807) is 16.8 Å². The molecule has 0 aliphatic rings. The van der Waals surface area contributed by atoms with Gasteiger partial charge in [0, 0.05) is 6.20 Å². The van der Waals surface area contributed by atoms with Gasteiger partial charge in [-0.3, -0.25) is 0 Å². The van der Waals surface area contributed by atoms with E-state index in [1.807, 2.05) is 12.3 Å². The van der Waals surface area contributed by atoms with Crippen molar-refractivity contribution in [1.82, 2.24) is 20.0 Å². The monoisotopic (exact) mass is 203 g/mol. The minimum absolute atomic E-state index is 0.410. The Labute approximate surface area is 87.9 Å². The van der Waals surface area contributed by atoms with Crippen LogP contribution in [-0.4, -0.2) is 20.0 Å². The maximum absolute atomic E-state index is 5.45. The van der Waals surface area contributed by atoms with Crippen LogP contribution < -0.4 is 5.73 Å². The highest BCUT2D eigenvalue weighted by atomic mass is 15.3. The zero-order valence-corrected chi connectivity index (χ0v) is 8.75. The Morgan fingerprint density at radius 2 is 2.00 bits per heavy atom. The lowest BCUT2D eigenvalue weighted by atomic mass is 10.1. The first kappa shape index (κ1) is 9.64. The molecule has 2 rings (SSSR count). The third-order valence-electron chi connectivity index (χ3n) is 2.11. The van der Waals surface area contributed by atoms with E-state index >= 15 is 0 Å². The lowest BCUT2D eigenvalue weighted by molar-refractivity contribution is 0.748. The molecule has 0 unspecified atom stereocenters. The molecule has 2 aromatic heterocycles. The second-order valence-electron chi connectivity index (χ2n) is 3.66. The molecule has 0 atom stereocenters. The lowest BCUT2D eigenvalue weighted by Gasteiger charge is -2.00. The molecule has 0 radical (unpaired) electrons. The Balaban J connectivity index is 2.33. The summed E-state index contributed by atoms with van der Waals surface area (Å²) in [5.41, 5.74) is 6.49. The number of nitrogen functional groups attached to an aromatic ring is 1. The number of rotatable bonds is 2. The first-order valence-corrected chi connectivity index (χ1v) is 4.82. The SMILES string of the molecule is CC(C)c1ccn(-c2ccc(N)nn2)n1. The summed E-state index contributed by atoms with van der Waals surface area (Å²) in [6.07, 6.45) is 1.87. The van der Waals surface area contributed by atoms with E-state index in [9.17, 15) is 0 Å². The van der Waals surface area contributed by atoms with E-state index < -0.39 is 0 Å². The minimum atomic E-state index is 0.410. The van der Waals surface area contributed by atoms with Gasteiger partial charge in [-0.05, 0) is 24.1 Å². The van der Waals surface area contributed by atoms with Crippen LogP contribution in [0.4, 0.5) is 5.82 Å². The Bertz CT molecular complexity index is 443. The number of hydrogen-bond acceptors (Lipinski definition) is 4. The molecule has 2 heterocycles. The molecule has 15 heavy (non-hydrogen) atoms. The molecule has 5 nitrogen and oxygen atoms in total. The second kappa shape index (κ2) is 3.68. The molecule has 0 aliphatic carbocycles. The van der Waals surface area contributed by atoms with Gasteiger partial charge in [-0.2, -0.15) is 5.10 Å². The van der Waals surface area contributed by atoms with Crippen LogP contribution in [0.25, 0.3) is 5.82 Å². The molecule has 0 bridgehead atoms. The summed E-state index contributed by atoms with van der Waals surface area (Å²) < 4.78 is 1.70. The second-order valence-corrected chi connectivity index (χ2v) is 3.66. The van der Waals surface area contributed by atoms with E-state index in [2.05, 4.69) is 29.1 Å². The first-order valence-electron chi connectivity index (χ1n) is 4.82. The highest BCUT2D eigenvalue weighted by molar-refractivity contribution is 5.31. The van der Waals surface area contributed by atoms with Crippen molar-refractivity contribution < 1.29 is 0 Å². The maximum atomic E-state index is 5.45. The predicted molar refractivity (Wildman–Crippen MR) is 57.7 cm³/mol. The lowest BCUT2D eigenvalue weighted by Crippen LogP contribution is -2.02. The van der Waals surface area contributed by atoms with E-state index in [4.69, 9.17) is 5.73 Å². The van der Waals surface area contributed by atoms with Gasteiger partial charge in [0.1, 0.15) is 5.82 Å². The first-order chi connectivity index (χ1) is 7.16. The summed E-state index contributed by atoms with van der Waals surface area (Å²) in [5.74, 6) is 1.50. The van der Waals surface area contributed by atoms with Crippen molar-refractivity contribution in [3.8, 4) is 5.82 Å². The fraction of sp³-hybridized carbons (Fsp3) is 0.300. The number of nitrogens with zero attached hydrogens (tertiary/aromatic N) is 4. The Morgan fingerprint density at radius 1 is 1.20 bits per heavy atom. The molecule has 5 heteroatoms. The van der Waals surface area contributed by atoms with Crippen LogP contribution >= 0.6 is 0 Å². The smallest absolute Gasteiger partial charge is 0.175 e. The van der Waals surface area contributed by atoms with Gasteiger partial charge in [0.15, 0.2) is 5.82 Å². The molecular weight excluding hydrogens is 190 g/mol. The fourth-order valence-electron chi connectivity index (χ4n) is 1.23. The van der Waals surface area contributed by atoms with Gasteiger partial charge in [-0.1, -0.05) is 13.8 Å². The Morgan fingerprint density at radius 3 is 2.53 bits per heavy atom. The highest BCUT2D eigenvalue weighted by Crippen LogP contribution is 2.12. The van der Waals surface area contributed by atoms with Gasteiger partial charge >= 0.3 is 0 Å². The van der Waals surface area contributed by atoms with Crippen LogP contribution in [0.5, 0.6) is 0 Å². The van der Waals surface area contributed by atoms with Crippen molar-refractivity contribution in [1.29, 1.82) is 0 Å². The minimum Gasteiger partial charge on any atom is -0.382 e. The molecule has 2 aromatic rings. The summed E-state index contributed by atoms with van der Waals surface area (Å²) in [6.45, 7) is 4.20. The van der Waals surface area contributed by atoms with Gasteiger partial charge < -0.3 is 5.73 Å². The van der Waals surface area contributed by atoms with Crippen LogP contribution in [0.2, 0.25) is 0 Å². The predicted octanol–water partition coefficient (Wildman–Crippen LogP) is 1.37. The van der Waals surface area contributed by atoms with Gasteiger partial charge in [-0.15, -0.1) is 10.2 Å². The molecule has 0 aromatic carbocycles. The average molecular weight is 203 g/mol. The fourth-order valence-corrected chi connectivity index (χ4v) is 1.23. The zero-order valence-electron chi connectivity index (χ0n) is 8.75. The number of aromatic nitrogens is 4. The summed E-state index contributed by atoms with van der Waals surface area (Å²) in [6, 6.07) is 5.47. The Kier molecular flexibility index (Phi) is 2.37. The van der Waals surface area contributed by atoms with Crippen LogP contribution in [0.1, 0.15) is 25.5 Å². The van der Waals surface area contributed by atoms with Crippen molar-refractivity contribution in [2.75, 3.05) is 5.73 Å². The van der Waals surface area contributed by atoms with Crippen molar-refractivity contribution in [2.24, 2.45) is 0 Å². The molecule has 0 fully saturated rings. The zero-order chi connectivity index (χ0) is 10.8. The average Bonchev–Trinajstić information content (AvgIpc) is 2.68. The third kappa shape index (κ3) is 1.96. The molecule has 0 amide bonds. The quantitative estimate of drug-likeness (QED) is 0.800. The van der Waals surface area contributed by atoms with Crippen molar-refractivity contribution in [3.05, 3.63) is 30.1 Å². The van der Waals surface area contributed by atoms with Crippen LogP contribution in [0.3, 0.4) is 0 Å². The van der Waals surface area contributed by atoms with Crippen molar-refractivity contribution in [3.63, 3.8) is 0 Å². The summed E-state index contributed by atoms with van der Waals surface area (Å²) in [5, 5.41) is 12.1. The summed E-state index contributed by atoms with van der Waals surface area (Å²) in [4.78, 5) is 0. The van der Waals surface area contributed by atoms with Gasteiger partial charge in [-0.25, -0.2) is 4.68 Å². The highest BCUT2D eigenvalue weighted by Gasteiger charge is 2.05. The molecule has 0 spiro atoms. The van der Waals surface area contributed by atoms with E-state index in [0.29, 0.717) is 17.6 Å². The third-order valence-corrected chi connectivity index (χ3v) is 2.11. The van der Waals surface area contributed by atoms with Crippen LogP contribution in [0.15, 0.2) is 24.4 Å². The largest absolute Gasteiger partial charge is 0.382 e. The normalized spacial score (nSPS) is 10.9. The molecule has 2 N–H and O–H groups in total. The van der Waals surface area contributed by atoms with Crippen molar-refractivity contribution in [2.45, 2.75) is 19.8 Å². The topological polar surface area (TPSA) is 69.6 Å². The van der Waals surface area contributed by atoms with E-state index in [0.717, 1.165) is 5.69 Å². The van der Waals surface area contributed by atoms with Crippen LogP contribution in [-0.2, 0) is 0 Å².